The van der Waals surface area contributed by atoms with Crippen LogP contribution in [0.15, 0.2) is 66.5 Å². The molecule has 1 atom stereocenters. The number of ether oxygens (including phenoxy) is 2. The van der Waals surface area contributed by atoms with Crippen molar-refractivity contribution in [3.8, 4) is 6.01 Å². The van der Waals surface area contributed by atoms with Crippen molar-refractivity contribution < 1.29 is 33.1 Å². The van der Waals surface area contributed by atoms with Gasteiger partial charge in [0.05, 0.1) is 13.7 Å². The lowest BCUT2D eigenvalue weighted by Gasteiger charge is -2.37. The lowest BCUT2D eigenvalue weighted by atomic mass is 9.81. The Bertz CT molecular complexity index is 1320. The van der Waals surface area contributed by atoms with E-state index in [9.17, 15) is 9.90 Å². The van der Waals surface area contributed by atoms with Crippen molar-refractivity contribution in [3.63, 3.8) is 0 Å². The Balaban J connectivity index is 2.61. The van der Waals surface area contributed by atoms with Crippen LogP contribution in [0.25, 0.3) is 0 Å². The molecule has 0 saturated carbocycles. The van der Waals surface area contributed by atoms with Crippen LogP contribution in [0.1, 0.15) is 36.2 Å². The van der Waals surface area contributed by atoms with Gasteiger partial charge in [-0.15, -0.1) is 0 Å². The van der Waals surface area contributed by atoms with Gasteiger partial charge >= 0.3 is 12.0 Å². The summed E-state index contributed by atoms with van der Waals surface area (Å²) < 4.78 is 93.7. The number of aliphatic carboxylic acids is 1. The van der Waals surface area contributed by atoms with E-state index in [-0.39, 0.29) is 0 Å². The van der Waals surface area contributed by atoms with Crippen molar-refractivity contribution in [3.05, 3.63) is 89.0 Å². The summed E-state index contributed by atoms with van der Waals surface area (Å²) in [6.45, 7) is 3.15. The van der Waals surface area contributed by atoms with Crippen molar-refractivity contribution in [1.82, 2.24) is 9.97 Å². The van der Waals surface area contributed by atoms with Crippen molar-refractivity contribution >= 4 is 5.97 Å². The van der Waals surface area contributed by atoms with E-state index in [0.29, 0.717) is 11.4 Å². The molecule has 1 N–H and O–H groups in total. The summed E-state index contributed by atoms with van der Waals surface area (Å²) >= 11 is 0. The molecule has 6 heteroatoms. The second-order valence-corrected chi connectivity index (χ2v) is 5.71. The molecule has 0 amide bonds. The minimum absolute atomic E-state index is 0.380. The first kappa shape index (κ1) is 10.3. The van der Waals surface area contributed by atoms with Gasteiger partial charge in [-0.05, 0) is 31.0 Å². The van der Waals surface area contributed by atoms with Crippen LogP contribution in [0.2, 0.25) is 0 Å². The fourth-order valence-electron chi connectivity index (χ4n) is 2.73. The molecule has 0 saturated heterocycles. The van der Waals surface area contributed by atoms with E-state index in [1.165, 1.54) is 0 Å². The summed E-state index contributed by atoms with van der Waals surface area (Å²) in [4.78, 5) is 20.8. The third-order valence-electron chi connectivity index (χ3n) is 3.84. The summed E-state index contributed by atoms with van der Waals surface area (Å²) in [5, 5.41) is 10.3. The summed E-state index contributed by atoms with van der Waals surface area (Å²) in [6.07, 6.45) is -2.40. The number of aryl methyl sites for hydroxylation is 2. The molecule has 0 radical (unpaired) electrons. The van der Waals surface area contributed by atoms with E-state index < -0.39 is 95.2 Å². The first-order valence-corrected chi connectivity index (χ1v) is 8.03. The van der Waals surface area contributed by atoms with Gasteiger partial charge in [0.15, 0.2) is 5.60 Å². The smallest absolute Gasteiger partial charge is 0.348 e. The highest BCUT2D eigenvalue weighted by atomic mass is 16.6. The highest BCUT2D eigenvalue weighted by molar-refractivity contribution is 5.76. The number of carboxylic acid groups (broad SMARTS) is 1. The van der Waals surface area contributed by atoms with Crippen LogP contribution in [0.4, 0.5) is 0 Å². The van der Waals surface area contributed by atoms with Gasteiger partial charge in [-0.25, -0.2) is 14.8 Å². The summed E-state index contributed by atoms with van der Waals surface area (Å²) in [5.41, 5.74) is -3.76. The molecule has 144 valence electrons. The maximum atomic E-state index is 12.8. The van der Waals surface area contributed by atoms with E-state index in [4.69, 9.17) is 23.2 Å². The van der Waals surface area contributed by atoms with E-state index in [1.54, 1.807) is 19.9 Å². The molecule has 6 nitrogen and oxygen atoms in total. The maximum absolute atomic E-state index is 12.8. The minimum atomic E-state index is -2.88. The van der Waals surface area contributed by atoms with Crippen LogP contribution in [-0.4, -0.2) is 34.3 Å². The third-order valence-corrected chi connectivity index (χ3v) is 3.84. The average molecular weight is 388 g/mol. The van der Waals surface area contributed by atoms with Crippen LogP contribution in [-0.2, 0) is 15.1 Å². The van der Waals surface area contributed by atoms with Gasteiger partial charge in [0.2, 0.25) is 6.10 Å². The first-order chi connectivity index (χ1) is 17.6. The second kappa shape index (κ2) is 8.19. The highest BCUT2D eigenvalue weighted by Gasteiger charge is 2.49. The Labute approximate surface area is 177 Å². The van der Waals surface area contributed by atoms with Crippen LogP contribution in [0.3, 0.4) is 0 Å². The van der Waals surface area contributed by atoms with Gasteiger partial charge in [-0.2, -0.15) is 0 Å². The van der Waals surface area contributed by atoms with Gasteiger partial charge in [-0.1, -0.05) is 60.4 Å². The number of hydrogen-bond donors (Lipinski definition) is 1. The molecule has 0 unspecified atom stereocenters. The molecule has 0 aliphatic rings. The van der Waals surface area contributed by atoms with E-state index in [1.807, 2.05) is 0 Å². The van der Waals surface area contributed by atoms with Gasteiger partial charge in [-0.3, -0.25) is 0 Å². The summed E-state index contributed by atoms with van der Waals surface area (Å²) in [7, 11) is 0.906. The molecule has 0 aliphatic heterocycles. The standard InChI is InChI=1S/C22H22N2O4/c1-15-14-16(2)24-21(23-15)28-19(20(25)26)22(27-3,17-10-6-4-7-11-17)18-12-8-5-9-13-18/h4-14,19H,1-3H3,(H,25,26)/t19-/m1/s1/i4D,5D,6D,7D,8D,9D,10D,11D,12D,13D. The largest absolute Gasteiger partial charge is 0.478 e. The first-order valence-electron chi connectivity index (χ1n) is 13.0. The van der Waals surface area contributed by atoms with Crippen LogP contribution in [0, 0.1) is 13.8 Å². The van der Waals surface area contributed by atoms with Gasteiger partial charge in [0.1, 0.15) is 0 Å². The Morgan fingerprint density at radius 3 is 1.86 bits per heavy atom. The molecule has 1 heterocycles. The predicted octanol–water partition coefficient (Wildman–Crippen LogP) is 3.52. The second-order valence-electron chi connectivity index (χ2n) is 5.71. The fraction of sp³-hybridized carbons (Fsp3) is 0.227. The van der Waals surface area contributed by atoms with Gasteiger partial charge in [0, 0.05) is 18.5 Å². The number of benzene rings is 2. The Morgan fingerprint density at radius 2 is 1.46 bits per heavy atom. The summed E-state index contributed by atoms with van der Waals surface area (Å²) in [5.74, 6) is -1.83. The lowest BCUT2D eigenvalue weighted by Crippen LogP contribution is -2.50. The zero-order valence-electron chi connectivity index (χ0n) is 25.2. The number of carboxylic acids is 1. The summed E-state index contributed by atoms with van der Waals surface area (Å²) in [6, 6.07) is -7.75. The lowest BCUT2D eigenvalue weighted by molar-refractivity contribution is -0.160. The predicted molar refractivity (Wildman–Crippen MR) is 104 cm³/mol. The van der Waals surface area contributed by atoms with E-state index >= 15 is 0 Å². The van der Waals surface area contributed by atoms with Crippen molar-refractivity contribution in [2.45, 2.75) is 25.6 Å². The number of nitrogens with zero attached hydrogens (tertiary/aromatic N) is 2. The van der Waals surface area contributed by atoms with E-state index in [2.05, 4.69) is 9.97 Å². The van der Waals surface area contributed by atoms with Gasteiger partial charge < -0.3 is 14.6 Å². The topological polar surface area (TPSA) is 81.5 Å². The third kappa shape index (κ3) is 3.73. The zero-order valence-corrected chi connectivity index (χ0v) is 15.2. The molecule has 3 aromatic rings. The molecule has 0 fully saturated rings. The van der Waals surface area contributed by atoms with Crippen molar-refractivity contribution in [2.75, 3.05) is 7.11 Å². The molecule has 0 spiro atoms. The molecule has 3 rings (SSSR count). The maximum Gasteiger partial charge on any atom is 0.348 e. The number of methoxy groups -OCH3 is 1. The minimum Gasteiger partial charge on any atom is -0.478 e. The molecule has 0 aliphatic carbocycles. The molecular formula is C22H22N2O4. The van der Waals surface area contributed by atoms with Crippen molar-refractivity contribution in [2.24, 2.45) is 0 Å². The van der Waals surface area contributed by atoms with Crippen LogP contribution >= 0.6 is 0 Å². The van der Waals surface area contributed by atoms with E-state index in [0.717, 1.165) is 7.11 Å². The number of carbonyl (C=O) groups is 1. The number of aromatic nitrogens is 2. The normalized spacial score (nSPS) is 17.4. The average Bonchev–Trinajstić information content (AvgIpc) is 2.85. The number of rotatable bonds is 7. The fourth-order valence-corrected chi connectivity index (χ4v) is 2.73. The highest BCUT2D eigenvalue weighted by Crippen LogP contribution is 2.38. The molecule has 28 heavy (non-hydrogen) atoms. The van der Waals surface area contributed by atoms with Gasteiger partial charge in [0.25, 0.3) is 0 Å². The quantitative estimate of drug-likeness (QED) is 0.667. The molecule has 0 bridgehead atoms. The van der Waals surface area contributed by atoms with Crippen LogP contribution < -0.4 is 4.74 Å². The Kier molecular flexibility index (Phi) is 3.02. The van der Waals surface area contributed by atoms with Crippen LogP contribution in [0.5, 0.6) is 6.01 Å². The number of hydrogen-bond acceptors (Lipinski definition) is 5. The SMILES string of the molecule is [2H]c1c([2H])c([2H])c(C(OC)(c2c([2H])c([2H])c([2H])c([2H])c2[2H])[C@H](Oc2nc(C)cc(C)n2)C(=O)O)c([2H])c1[2H]. The Hall–Kier alpha value is -3.25. The molecule has 1 aromatic heterocycles. The monoisotopic (exact) mass is 388 g/mol. The zero-order chi connectivity index (χ0) is 28.9. The Morgan fingerprint density at radius 1 is 1.00 bits per heavy atom. The molecule has 2 aromatic carbocycles. The van der Waals surface area contributed by atoms with Crippen molar-refractivity contribution in [1.29, 1.82) is 0 Å². The molecular weight excluding hydrogens is 356 g/mol.